The van der Waals surface area contributed by atoms with Crippen molar-refractivity contribution in [1.29, 1.82) is 5.26 Å². The lowest BCUT2D eigenvalue weighted by molar-refractivity contribution is -0.384. The van der Waals surface area contributed by atoms with Crippen LogP contribution in [-0.2, 0) is 6.61 Å². The van der Waals surface area contributed by atoms with Crippen LogP contribution < -0.4 is 4.74 Å². The molecule has 0 bridgehead atoms. The average Bonchev–Trinajstić information content (AvgIpc) is 2.47. The maximum absolute atomic E-state index is 10.6. The summed E-state index contributed by atoms with van der Waals surface area (Å²) in [5.74, 6) is 0.641. The fourth-order valence-corrected chi connectivity index (χ4v) is 1.70. The number of nitro benzene ring substituents is 1. The van der Waals surface area contributed by atoms with Gasteiger partial charge in [0.2, 0.25) is 0 Å². The van der Waals surface area contributed by atoms with Gasteiger partial charge in [0.25, 0.3) is 5.69 Å². The largest absolute Gasteiger partial charge is 0.489 e. The highest BCUT2D eigenvalue weighted by Gasteiger charge is 2.05. The quantitative estimate of drug-likeness (QED) is 0.629. The lowest BCUT2D eigenvalue weighted by atomic mass is 10.1. The Kier molecular flexibility index (Phi) is 3.96. The van der Waals surface area contributed by atoms with Gasteiger partial charge in [-0.05, 0) is 42.3 Å². The SMILES string of the molecule is Cc1ccc(C#N)cc1OCc1ccc([N+](=O)[O-])cc1. The van der Waals surface area contributed by atoms with E-state index in [0.29, 0.717) is 17.9 Å². The average molecular weight is 268 g/mol. The number of non-ortho nitro benzene ring substituents is 1. The third kappa shape index (κ3) is 3.12. The number of aryl methyl sites for hydroxylation is 1. The van der Waals surface area contributed by atoms with Gasteiger partial charge in [-0.15, -0.1) is 0 Å². The van der Waals surface area contributed by atoms with Crippen molar-refractivity contribution in [2.75, 3.05) is 0 Å². The molecular formula is C15H12N2O3. The van der Waals surface area contributed by atoms with E-state index < -0.39 is 4.92 Å². The topological polar surface area (TPSA) is 76.2 Å². The number of ether oxygens (including phenoxy) is 1. The van der Waals surface area contributed by atoms with Gasteiger partial charge < -0.3 is 4.74 Å². The number of hydrogen-bond donors (Lipinski definition) is 0. The van der Waals surface area contributed by atoms with Crippen molar-refractivity contribution in [2.45, 2.75) is 13.5 Å². The second-order valence-corrected chi connectivity index (χ2v) is 4.30. The highest BCUT2D eigenvalue weighted by molar-refractivity contribution is 5.42. The molecule has 2 aromatic carbocycles. The number of hydrogen-bond acceptors (Lipinski definition) is 4. The van der Waals surface area contributed by atoms with Crippen LogP contribution in [0.5, 0.6) is 5.75 Å². The van der Waals surface area contributed by atoms with Gasteiger partial charge in [0.15, 0.2) is 0 Å². The molecule has 0 aliphatic rings. The Morgan fingerprint density at radius 3 is 2.55 bits per heavy atom. The number of nitriles is 1. The van der Waals surface area contributed by atoms with Crippen LogP contribution in [0.15, 0.2) is 42.5 Å². The number of rotatable bonds is 4. The summed E-state index contributed by atoms with van der Waals surface area (Å²) in [6.45, 7) is 2.19. The summed E-state index contributed by atoms with van der Waals surface area (Å²) in [5.41, 5.74) is 2.36. The molecule has 5 nitrogen and oxygen atoms in total. The van der Waals surface area contributed by atoms with Gasteiger partial charge in [0.05, 0.1) is 16.6 Å². The molecule has 0 amide bonds. The Hall–Kier alpha value is -2.87. The molecule has 2 aromatic rings. The minimum absolute atomic E-state index is 0.0522. The summed E-state index contributed by atoms with van der Waals surface area (Å²) in [6, 6.07) is 13.5. The van der Waals surface area contributed by atoms with E-state index in [2.05, 4.69) is 6.07 Å². The molecule has 0 heterocycles. The first-order valence-corrected chi connectivity index (χ1v) is 5.97. The third-order valence-corrected chi connectivity index (χ3v) is 2.86. The second kappa shape index (κ2) is 5.85. The van der Waals surface area contributed by atoms with E-state index in [1.165, 1.54) is 12.1 Å². The molecule has 0 fully saturated rings. The van der Waals surface area contributed by atoms with E-state index >= 15 is 0 Å². The Balaban J connectivity index is 2.09. The van der Waals surface area contributed by atoms with E-state index in [-0.39, 0.29) is 5.69 Å². The predicted octanol–water partition coefficient (Wildman–Crippen LogP) is 3.35. The summed E-state index contributed by atoms with van der Waals surface area (Å²) < 4.78 is 5.64. The zero-order valence-corrected chi connectivity index (χ0v) is 10.9. The van der Waals surface area contributed by atoms with E-state index in [4.69, 9.17) is 10.00 Å². The molecule has 0 aromatic heterocycles. The first kappa shape index (κ1) is 13.6. The third-order valence-electron chi connectivity index (χ3n) is 2.86. The number of nitro groups is 1. The van der Waals surface area contributed by atoms with Crippen molar-refractivity contribution in [3.63, 3.8) is 0 Å². The maximum Gasteiger partial charge on any atom is 0.269 e. The fraction of sp³-hybridized carbons (Fsp3) is 0.133. The minimum Gasteiger partial charge on any atom is -0.489 e. The molecule has 0 aliphatic carbocycles. The van der Waals surface area contributed by atoms with E-state index in [9.17, 15) is 10.1 Å². The molecule has 0 saturated heterocycles. The van der Waals surface area contributed by atoms with Crippen LogP contribution in [0, 0.1) is 28.4 Å². The summed E-state index contributed by atoms with van der Waals surface area (Å²) in [6.07, 6.45) is 0. The Morgan fingerprint density at radius 2 is 1.95 bits per heavy atom. The highest BCUT2D eigenvalue weighted by Crippen LogP contribution is 2.21. The van der Waals surface area contributed by atoms with Crippen molar-refractivity contribution in [3.8, 4) is 11.8 Å². The normalized spacial score (nSPS) is 9.80. The van der Waals surface area contributed by atoms with Gasteiger partial charge in [-0.25, -0.2) is 0 Å². The zero-order valence-electron chi connectivity index (χ0n) is 10.9. The Labute approximate surface area is 116 Å². The number of benzene rings is 2. The molecular weight excluding hydrogens is 256 g/mol. The standard InChI is InChI=1S/C15H12N2O3/c1-11-2-3-13(9-16)8-15(11)20-10-12-4-6-14(7-5-12)17(18)19/h2-8H,10H2,1H3. The van der Waals surface area contributed by atoms with Gasteiger partial charge in [-0.1, -0.05) is 6.07 Å². The molecule has 0 unspecified atom stereocenters. The molecule has 0 N–H and O–H groups in total. The van der Waals surface area contributed by atoms with E-state index in [0.717, 1.165) is 11.1 Å². The maximum atomic E-state index is 10.6. The molecule has 0 aliphatic heterocycles. The van der Waals surface area contributed by atoms with Crippen LogP contribution in [0.25, 0.3) is 0 Å². The molecule has 2 rings (SSSR count). The van der Waals surface area contributed by atoms with Gasteiger partial charge in [-0.3, -0.25) is 10.1 Å². The number of nitrogens with zero attached hydrogens (tertiary/aromatic N) is 2. The molecule has 0 spiro atoms. The highest BCUT2D eigenvalue weighted by atomic mass is 16.6. The zero-order chi connectivity index (χ0) is 14.5. The fourth-order valence-electron chi connectivity index (χ4n) is 1.70. The summed E-state index contributed by atoms with van der Waals surface area (Å²) in [7, 11) is 0. The van der Waals surface area contributed by atoms with Crippen LogP contribution in [0.1, 0.15) is 16.7 Å². The van der Waals surface area contributed by atoms with Crippen molar-refractivity contribution in [1.82, 2.24) is 0 Å². The summed E-state index contributed by atoms with van der Waals surface area (Å²) in [4.78, 5) is 10.1. The van der Waals surface area contributed by atoms with Crippen LogP contribution >= 0.6 is 0 Å². The predicted molar refractivity (Wildman–Crippen MR) is 73.3 cm³/mol. The Morgan fingerprint density at radius 1 is 1.25 bits per heavy atom. The monoisotopic (exact) mass is 268 g/mol. The molecule has 5 heteroatoms. The van der Waals surface area contributed by atoms with Crippen LogP contribution in [-0.4, -0.2) is 4.92 Å². The minimum atomic E-state index is -0.439. The van der Waals surface area contributed by atoms with Crippen LogP contribution in [0.3, 0.4) is 0 Å². The van der Waals surface area contributed by atoms with Gasteiger partial charge in [0, 0.05) is 12.1 Å². The lowest BCUT2D eigenvalue weighted by Gasteiger charge is -2.09. The van der Waals surface area contributed by atoms with Gasteiger partial charge in [0.1, 0.15) is 12.4 Å². The smallest absolute Gasteiger partial charge is 0.269 e. The van der Waals surface area contributed by atoms with Crippen molar-refractivity contribution in [2.24, 2.45) is 0 Å². The van der Waals surface area contributed by atoms with Crippen LogP contribution in [0.4, 0.5) is 5.69 Å². The molecule has 20 heavy (non-hydrogen) atoms. The van der Waals surface area contributed by atoms with Crippen molar-refractivity contribution in [3.05, 3.63) is 69.3 Å². The van der Waals surface area contributed by atoms with E-state index in [1.54, 1.807) is 24.3 Å². The van der Waals surface area contributed by atoms with E-state index in [1.807, 2.05) is 13.0 Å². The molecule has 100 valence electrons. The molecule has 0 saturated carbocycles. The summed E-state index contributed by atoms with van der Waals surface area (Å²) >= 11 is 0. The van der Waals surface area contributed by atoms with Gasteiger partial charge >= 0.3 is 0 Å². The lowest BCUT2D eigenvalue weighted by Crippen LogP contribution is -1.98. The van der Waals surface area contributed by atoms with Crippen molar-refractivity contribution < 1.29 is 9.66 Å². The molecule has 0 radical (unpaired) electrons. The van der Waals surface area contributed by atoms with Crippen LogP contribution in [0.2, 0.25) is 0 Å². The first-order chi connectivity index (χ1) is 9.60. The second-order valence-electron chi connectivity index (χ2n) is 4.30. The first-order valence-electron chi connectivity index (χ1n) is 5.97. The summed E-state index contributed by atoms with van der Waals surface area (Å²) in [5, 5.41) is 19.4. The molecule has 0 atom stereocenters. The Bertz CT molecular complexity index is 673. The van der Waals surface area contributed by atoms with Crippen molar-refractivity contribution >= 4 is 5.69 Å². The van der Waals surface area contributed by atoms with Gasteiger partial charge in [-0.2, -0.15) is 5.26 Å².